The smallest absolute Gasteiger partial charge is 0.225 e. The molecule has 3 rings (SSSR count). The number of aromatic nitrogens is 1. The van der Waals surface area contributed by atoms with Crippen LogP contribution in [-0.2, 0) is 19.4 Å². The van der Waals surface area contributed by atoms with Crippen LogP contribution < -0.4 is 10.5 Å². The van der Waals surface area contributed by atoms with Crippen LogP contribution in [0.5, 0.6) is 5.88 Å². The molecule has 0 unspecified atom stereocenters. The van der Waals surface area contributed by atoms with Crippen LogP contribution in [0.3, 0.4) is 0 Å². The number of fused-ring (bicyclic) bond motifs is 1. The van der Waals surface area contributed by atoms with Crippen molar-refractivity contribution in [2.75, 3.05) is 0 Å². The maximum Gasteiger partial charge on any atom is 0.225 e. The fourth-order valence-electron chi connectivity index (χ4n) is 2.50. The van der Waals surface area contributed by atoms with Gasteiger partial charge in [0.25, 0.3) is 0 Å². The monoisotopic (exact) mass is 303 g/mol. The molecule has 0 spiro atoms. The molecule has 0 aromatic carbocycles. The van der Waals surface area contributed by atoms with E-state index in [9.17, 15) is 0 Å². The molecular formula is C15H17N3O2S. The standard InChI is InChI=1S/C15H17N3O2S/c16-14(18-19)12-8-10-4-1-2-6-13(10)17-15(12)20-9-11-5-3-7-21-11/h3,5,7-8,19H,1-2,4,6,9H2,(H2,16,18). The van der Waals surface area contributed by atoms with Crippen molar-refractivity contribution < 1.29 is 9.94 Å². The molecule has 2 aromatic heterocycles. The van der Waals surface area contributed by atoms with Gasteiger partial charge in [0, 0.05) is 10.6 Å². The van der Waals surface area contributed by atoms with Gasteiger partial charge in [0.15, 0.2) is 5.84 Å². The molecule has 0 bridgehead atoms. The zero-order valence-corrected chi connectivity index (χ0v) is 12.4. The maximum absolute atomic E-state index is 8.95. The first-order valence-electron chi connectivity index (χ1n) is 6.94. The molecule has 0 atom stereocenters. The van der Waals surface area contributed by atoms with Crippen molar-refractivity contribution in [3.8, 4) is 5.88 Å². The van der Waals surface area contributed by atoms with Gasteiger partial charge in [0.1, 0.15) is 6.61 Å². The van der Waals surface area contributed by atoms with Crippen molar-refractivity contribution in [1.82, 2.24) is 4.98 Å². The lowest BCUT2D eigenvalue weighted by Gasteiger charge is -2.18. The second-order valence-corrected chi connectivity index (χ2v) is 6.04. The van der Waals surface area contributed by atoms with E-state index < -0.39 is 0 Å². The number of nitrogens with zero attached hydrogens (tertiary/aromatic N) is 2. The molecule has 1 aliphatic rings. The molecule has 0 saturated carbocycles. The molecule has 5 nitrogen and oxygen atoms in total. The summed E-state index contributed by atoms with van der Waals surface area (Å²) in [4.78, 5) is 5.70. The SMILES string of the molecule is NC(=NO)c1cc2c(nc1OCc1cccs1)CCCC2. The highest BCUT2D eigenvalue weighted by Crippen LogP contribution is 2.26. The van der Waals surface area contributed by atoms with E-state index in [0.717, 1.165) is 36.3 Å². The van der Waals surface area contributed by atoms with Gasteiger partial charge in [-0.25, -0.2) is 4.98 Å². The Morgan fingerprint density at radius 1 is 1.43 bits per heavy atom. The Morgan fingerprint density at radius 3 is 3.05 bits per heavy atom. The topological polar surface area (TPSA) is 80.7 Å². The minimum absolute atomic E-state index is 0.0389. The number of amidine groups is 1. The lowest BCUT2D eigenvalue weighted by atomic mass is 9.95. The predicted molar refractivity (Wildman–Crippen MR) is 82.0 cm³/mol. The minimum atomic E-state index is 0.0389. The third kappa shape index (κ3) is 3.00. The van der Waals surface area contributed by atoms with E-state index >= 15 is 0 Å². The van der Waals surface area contributed by atoms with Crippen LogP contribution in [0.1, 0.15) is 34.5 Å². The van der Waals surface area contributed by atoms with Crippen LogP contribution >= 0.6 is 11.3 Å². The first-order chi connectivity index (χ1) is 10.3. The first kappa shape index (κ1) is 13.9. The van der Waals surface area contributed by atoms with Gasteiger partial charge in [0.2, 0.25) is 5.88 Å². The molecule has 0 radical (unpaired) electrons. The average molecular weight is 303 g/mol. The van der Waals surface area contributed by atoms with Crippen molar-refractivity contribution in [2.45, 2.75) is 32.3 Å². The number of pyridine rings is 1. The average Bonchev–Trinajstić information content (AvgIpc) is 3.04. The van der Waals surface area contributed by atoms with Gasteiger partial charge >= 0.3 is 0 Å². The second kappa shape index (κ2) is 6.13. The van der Waals surface area contributed by atoms with Crippen molar-refractivity contribution in [3.05, 3.63) is 45.3 Å². The molecule has 2 heterocycles. The molecule has 1 aliphatic carbocycles. The number of ether oxygens (including phenoxy) is 1. The quantitative estimate of drug-likeness (QED) is 0.394. The number of hydrogen-bond donors (Lipinski definition) is 2. The van der Waals surface area contributed by atoms with Crippen molar-refractivity contribution >= 4 is 17.2 Å². The minimum Gasteiger partial charge on any atom is -0.471 e. The van der Waals surface area contributed by atoms with Gasteiger partial charge in [-0.05, 0) is 48.8 Å². The Labute approximate surface area is 127 Å². The highest BCUT2D eigenvalue weighted by atomic mass is 32.1. The van der Waals surface area contributed by atoms with Crippen LogP contribution in [0.4, 0.5) is 0 Å². The van der Waals surface area contributed by atoms with E-state index in [1.165, 1.54) is 5.56 Å². The number of oxime groups is 1. The van der Waals surface area contributed by atoms with E-state index in [-0.39, 0.29) is 5.84 Å². The summed E-state index contributed by atoms with van der Waals surface area (Å²) >= 11 is 1.63. The van der Waals surface area contributed by atoms with Crippen LogP contribution in [0.25, 0.3) is 0 Å². The fourth-order valence-corrected chi connectivity index (χ4v) is 3.11. The molecule has 0 saturated heterocycles. The molecule has 2 aromatic rings. The van der Waals surface area contributed by atoms with Crippen LogP contribution in [0.15, 0.2) is 28.7 Å². The highest BCUT2D eigenvalue weighted by Gasteiger charge is 2.18. The van der Waals surface area contributed by atoms with Crippen LogP contribution in [-0.4, -0.2) is 16.0 Å². The van der Waals surface area contributed by atoms with E-state index in [0.29, 0.717) is 18.1 Å². The summed E-state index contributed by atoms with van der Waals surface area (Å²) in [6.45, 7) is 0.440. The lowest BCUT2D eigenvalue weighted by molar-refractivity contribution is 0.293. The van der Waals surface area contributed by atoms with E-state index in [1.807, 2.05) is 23.6 Å². The van der Waals surface area contributed by atoms with Crippen LogP contribution in [0, 0.1) is 0 Å². The zero-order chi connectivity index (χ0) is 14.7. The summed E-state index contributed by atoms with van der Waals surface area (Å²) in [5, 5.41) is 14.0. The summed E-state index contributed by atoms with van der Waals surface area (Å²) < 4.78 is 5.80. The third-order valence-electron chi connectivity index (χ3n) is 3.58. The molecule has 0 fully saturated rings. The first-order valence-corrected chi connectivity index (χ1v) is 7.82. The maximum atomic E-state index is 8.95. The molecule has 0 aliphatic heterocycles. The molecule has 6 heteroatoms. The Kier molecular flexibility index (Phi) is 4.06. The van der Waals surface area contributed by atoms with E-state index in [4.69, 9.17) is 15.7 Å². The molecule has 3 N–H and O–H groups in total. The van der Waals surface area contributed by atoms with Gasteiger partial charge in [-0.3, -0.25) is 0 Å². The molecule has 21 heavy (non-hydrogen) atoms. The van der Waals surface area contributed by atoms with Gasteiger partial charge in [-0.2, -0.15) is 0 Å². The summed E-state index contributed by atoms with van der Waals surface area (Å²) in [5.74, 6) is 0.483. The van der Waals surface area contributed by atoms with Crippen molar-refractivity contribution in [2.24, 2.45) is 10.9 Å². The summed E-state index contributed by atoms with van der Waals surface area (Å²) in [6, 6.07) is 5.93. The van der Waals surface area contributed by atoms with E-state index in [2.05, 4.69) is 10.1 Å². The number of nitrogens with two attached hydrogens (primary N) is 1. The number of hydrogen-bond acceptors (Lipinski definition) is 5. The summed E-state index contributed by atoms with van der Waals surface area (Å²) in [5.41, 5.74) is 8.56. The highest BCUT2D eigenvalue weighted by molar-refractivity contribution is 7.09. The number of rotatable bonds is 4. The Balaban J connectivity index is 1.92. The Hall–Kier alpha value is -2.08. The third-order valence-corrected chi connectivity index (χ3v) is 4.43. The molecular weight excluding hydrogens is 286 g/mol. The largest absolute Gasteiger partial charge is 0.471 e. The second-order valence-electron chi connectivity index (χ2n) is 5.01. The Bertz CT molecular complexity index is 653. The Morgan fingerprint density at radius 2 is 2.29 bits per heavy atom. The normalized spacial score (nSPS) is 14.8. The van der Waals surface area contributed by atoms with Crippen molar-refractivity contribution in [1.29, 1.82) is 0 Å². The molecule has 0 amide bonds. The number of aryl methyl sites for hydroxylation is 2. The van der Waals surface area contributed by atoms with Gasteiger partial charge in [0.05, 0.1) is 5.56 Å². The summed E-state index contributed by atoms with van der Waals surface area (Å²) in [6.07, 6.45) is 4.24. The summed E-state index contributed by atoms with van der Waals surface area (Å²) in [7, 11) is 0. The molecule has 110 valence electrons. The van der Waals surface area contributed by atoms with Crippen molar-refractivity contribution in [3.63, 3.8) is 0 Å². The number of thiophene rings is 1. The fraction of sp³-hybridized carbons (Fsp3) is 0.333. The van der Waals surface area contributed by atoms with Gasteiger partial charge < -0.3 is 15.7 Å². The van der Waals surface area contributed by atoms with E-state index in [1.54, 1.807) is 11.3 Å². The van der Waals surface area contributed by atoms with Gasteiger partial charge in [-0.1, -0.05) is 11.2 Å². The van der Waals surface area contributed by atoms with Gasteiger partial charge in [-0.15, -0.1) is 11.3 Å². The van der Waals surface area contributed by atoms with Crippen LogP contribution in [0.2, 0.25) is 0 Å². The predicted octanol–water partition coefficient (Wildman–Crippen LogP) is 2.70. The lowest BCUT2D eigenvalue weighted by Crippen LogP contribution is -2.18. The zero-order valence-electron chi connectivity index (χ0n) is 11.6.